The number of aromatic nitrogens is 3. The Kier molecular flexibility index (Phi) is 4.54. The van der Waals surface area contributed by atoms with Gasteiger partial charge in [-0.05, 0) is 35.7 Å². The van der Waals surface area contributed by atoms with E-state index < -0.39 is 12.0 Å². The van der Waals surface area contributed by atoms with Crippen LogP contribution in [0, 0.1) is 0 Å². The van der Waals surface area contributed by atoms with Gasteiger partial charge in [-0.3, -0.25) is 4.79 Å². The predicted octanol–water partition coefficient (Wildman–Crippen LogP) is 3.19. The lowest BCUT2D eigenvalue weighted by Crippen LogP contribution is -2.33. The highest BCUT2D eigenvalue weighted by molar-refractivity contribution is 6.00. The van der Waals surface area contributed by atoms with E-state index >= 15 is 0 Å². The third kappa shape index (κ3) is 3.16. The minimum atomic E-state index is -0.446. The molecule has 0 saturated carbocycles. The van der Waals surface area contributed by atoms with E-state index in [1.54, 1.807) is 41.1 Å². The molecule has 8 heteroatoms. The number of nitrogens with one attached hydrogen (secondary N) is 1. The molecule has 0 spiro atoms. The molecule has 5 rings (SSSR count). The zero-order chi connectivity index (χ0) is 21.5. The molecule has 156 valence electrons. The number of carbonyl (C=O) groups excluding carboxylic acids is 2. The standard InChI is InChI=1S/C23H20N4O4/c1-31-22(30)14-8-6-13(7-9-14)21-20-17(26-23-24-12-25-27(21)23)10-15(11-19(20)29)16-4-2-3-5-18(16)28/h2-9,12,15,21,28H,10-11H2,1H3,(H,24,25,26)/t15-,21+/m0/s1. The number of anilines is 1. The van der Waals surface area contributed by atoms with Crippen LogP contribution in [0.15, 0.2) is 66.1 Å². The Morgan fingerprint density at radius 2 is 1.94 bits per heavy atom. The summed E-state index contributed by atoms with van der Waals surface area (Å²) < 4.78 is 6.46. The van der Waals surface area contributed by atoms with Gasteiger partial charge in [-0.2, -0.15) is 10.1 Å². The smallest absolute Gasteiger partial charge is 0.337 e. The van der Waals surface area contributed by atoms with Gasteiger partial charge in [0.2, 0.25) is 5.95 Å². The molecule has 2 atom stereocenters. The Hall–Kier alpha value is -3.94. The van der Waals surface area contributed by atoms with E-state index in [0.29, 0.717) is 29.9 Å². The SMILES string of the molecule is COC(=O)c1ccc([C@@H]2C3=C(C[C@H](c4ccccc4O)CC3=O)Nc3ncnn32)cc1. The molecule has 0 bridgehead atoms. The summed E-state index contributed by atoms with van der Waals surface area (Å²) >= 11 is 0. The summed E-state index contributed by atoms with van der Waals surface area (Å²) in [5.41, 5.74) is 3.43. The second-order valence-electron chi connectivity index (χ2n) is 7.65. The highest BCUT2D eigenvalue weighted by Gasteiger charge is 2.39. The fraction of sp³-hybridized carbons (Fsp3) is 0.217. The molecule has 2 N–H and O–H groups in total. The van der Waals surface area contributed by atoms with Gasteiger partial charge < -0.3 is 15.2 Å². The molecule has 0 unspecified atom stereocenters. The number of benzene rings is 2. The van der Waals surface area contributed by atoms with Crippen LogP contribution in [0.2, 0.25) is 0 Å². The molecular weight excluding hydrogens is 396 g/mol. The number of para-hydroxylation sites is 1. The van der Waals surface area contributed by atoms with Gasteiger partial charge in [0.15, 0.2) is 5.78 Å². The zero-order valence-corrected chi connectivity index (χ0v) is 16.8. The first-order valence-corrected chi connectivity index (χ1v) is 9.95. The molecule has 3 aromatic rings. The number of nitrogens with zero attached hydrogens (tertiary/aromatic N) is 3. The van der Waals surface area contributed by atoms with Crippen molar-refractivity contribution in [1.82, 2.24) is 14.8 Å². The van der Waals surface area contributed by atoms with Crippen LogP contribution >= 0.6 is 0 Å². The molecule has 2 aliphatic rings. The Bertz CT molecular complexity index is 1210. The maximum absolute atomic E-state index is 13.3. The maximum atomic E-state index is 13.3. The van der Waals surface area contributed by atoms with Crippen molar-refractivity contribution in [3.63, 3.8) is 0 Å². The fourth-order valence-electron chi connectivity index (χ4n) is 4.43. The highest BCUT2D eigenvalue weighted by atomic mass is 16.5. The third-order valence-corrected chi connectivity index (χ3v) is 5.89. The molecule has 0 fully saturated rings. The zero-order valence-electron chi connectivity index (χ0n) is 16.8. The molecule has 2 heterocycles. The Balaban J connectivity index is 1.57. The van der Waals surface area contributed by atoms with Crippen LogP contribution in [0.25, 0.3) is 0 Å². The van der Waals surface area contributed by atoms with Crippen LogP contribution in [0.5, 0.6) is 5.75 Å². The number of esters is 1. The first-order chi connectivity index (χ1) is 15.1. The number of allylic oxidation sites excluding steroid dienone is 2. The van der Waals surface area contributed by atoms with Gasteiger partial charge in [0.1, 0.15) is 18.1 Å². The van der Waals surface area contributed by atoms with E-state index in [2.05, 4.69) is 15.4 Å². The summed E-state index contributed by atoms with van der Waals surface area (Å²) in [6.07, 6.45) is 2.31. The van der Waals surface area contributed by atoms with Crippen molar-refractivity contribution in [2.75, 3.05) is 12.4 Å². The van der Waals surface area contributed by atoms with Crippen molar-refractivity contribution in [3.05, 3.63) is 82.8 Å². The van der Waals surface area contributed by atoms with Crippen LogP contribution in [0.1, 0.15) is 46.3 Å². The topological polar surface area (TPSA) is 106 Å². The summed E-state index contributed by atoms with van der Waals surface area (Å²) in [7, 11) is 1.34. The molecule has 1 aliphatic heterocycles. The third-order valence-electron chi connectivity index (χ3n) is 5.89. The number of phenolic OH excluding ortho intramolecular Hbond substituents is 1. The molecular formula is C23H20N4O4. The Morgan fingerprint density at radius 1 is 1.16 bits per heavy atom. The maximum Gasteiger partial charge on any atom is 0.337 e. The molecule has 2 aromatic carbocycles. The number of aromatic hydroxyl groups is 1. The van der Waals surface area contributed by atoms with Crippen molar-refractivity contribution >= 4 is 17.7 Å². The molecule has 31 heavy (non-hydrogen) atoms. The van der Waals surface area contributed by atoms with Gasteiger partial charge in [0.25, 0.3) is 0 Å². The van der Waals surface area contributed by atoms with E-state index in [1.807, 2.05) is 12.1 Å². The second kappa shape index (κ2) is 7.39. The number of rotatable bonds is 3. The van der Waals surface area contributed by atoms with Gasteiger partial charge >= 0.3 is 5.97 Å². The fourth-order valence-corrected chi connectivity index (χ4v) is 4.43. The summed E-state index contributed by atoms with van der Waals surface area (Å²) in [6.45, 7) is 0. The van der Waals surface area contributed by atoms with Crippen LogP contribution in [0.3, 0.4) is 0 Å². The molecule has 0 radical (unpaired) electrons. The number of ketones is 1. The average Bonchev–Trinajstić information content (AvgIpc) is 3.25. The van der Waals surface area contributed by atoms with Gasteiger partial charge in [0, 0.05) is 23.6 Å². The minimum Gasteiger partial charge on any atom is -0.508 e. The van der Waals surface area contributed by atoms with E-state index in [9.17, 15) is 14.7 Å². The van der Waals surface area contributed by atoms with Crippen molar-refractivity contribution in [3.8, 4) is 5.75 Å². The summed E-state index contributed by atoms with van der Waals surface area (Å²) in [5.74, 6) is 0.184. The number of phenols is 1. The molecule has 0 amide bonds. The van der Waals surface area contributed by atoms with Gasteiger partial charge in [0.05, 0.1) is 12.7 Å². The number of hydrogen-bond acceptors (Lipinski definition) is 7. The van der Waals surface area contributed by atoms with Crippen molar-refractivity contribution in [1.29, 1.82) is 0 Å². The molecule has 1 aliphatic carbocycles. The number of carbonyl (C=O) groups is 2. The predicted molar refractivity (Wildman–Crippen MR) is 112 cm³/mol. The monoisotopic (exact) mass is 416 g/mol. The largest absolute Gasteiger partial charge is 0.508 e. The van der Waals surface area contributed by atoms with E-state index in [1.165, 1.54) is 13.4 Å². The Labute approximate surface area is 178 Å². The van der Waals surface area contributed by atoms with E-state index in [0.717, 1.165) is 16.8 Å². The van der Waals surface area contributed by atoms with Crippen LogP contribution in [-0.2, 0) is 9.53 Å². The van der Waals surface area contributed by atoms with E-state index in [-0.39, 0.29) is 17.5 Å². The van der Waals surface area contributed by atoms with E-state index in [4.69, 9.17) is 4.74 Å². The van der Waals surface area contributed by atoms with Crippen LogP contribution in [0.4, 0.5) is 5.95 Å². The molecule has 0 saturated heterocycles. The van der Waals surface area contributed by atoms with Crippen molar-refractivity contribution in [2.45, 2.75) is 24.8 Å². The van der Waals surface area contributed by atoms with Gasteiger partial charge in [-0.25, -0.2) is 9.48 Å². The highest BCUT2D eigenvalue weighted by Crippen LogP contribution is 2.45. The first kappa shape index (κ1) is 19.0. The first-order valence-electron chi connectivity index (χ1n) is 9.95. The molecule has 8 nitrogen and oxygen atoms in total. The second-order valence-corrected chi connectivity index (χ2v) is 7.65. The number of ether oxygens (including phenoxy) is 1. The van der Waals surface area contributed by atoms with Gasteiger partial charge in [-0.1, -0.05) is 30.3 Å². The lowest BCUT2D eigenvalue weighted by molar-refractivity contribution is -0.116. The number of hydrogen-bond donors (Lipinski definition) is 2. The summed E-state index contributed by atoms with van der Waals surface area (Å²) in [5, 5.41) is 17.9. The Morgan fingerprint density at radius 3 is 2.68 bits per heavy atom. The summed E-state index contributed by atoms with van der Waals surface area (Å²) in [4.78, 5) is 29.4. The number of methoxy groups -OCH3 is 1. The van der Waals surface area contributed by atoms with Crippen molar-refractivity contribution < 1.29 is 19.4 Å². The van der Waals surface area contributed by atoms with Gasteiger partial charge in [-0.15, -0.1) is 0 Å². The lowest BCUT2D eigenvalue weighted by Gasteiger charge is -2.35. The van der Waals surface area contributed by atoms with Crippen LogP contribution < -0.4 is 5.32 Å². The van der Waals surface area contributed by atoms with Crippen molar-refractivity contribution in [2.24, 2.45) is 0 Å². The molecule has 1 aromatic heterocycles. The number of Topliss-reactive ketones (excluding diaryl/α,β-unsaturated/α-hetero) is 1. The number of fused-ring (bicyclic) bond motifs is 1. The van der Waals surface area contributed by atoms with Crippen LogP contribution in [-0.4, -0.2) is 38.7 Å². The average molecular weight is 416 g/mol. The quantitative estimate of drug-likeness (QED) is 0.632. The lowest BCUT2D eigenvalue weighted by atomic mass is 9.77. The summed E-state index contributed by atoms with van der Waals surface area (Å²) in [6, 6.07) is 13.6. The minimum absolute atomic E-state index is 0.00908. The normalized spacial score (nSPS) is 20.0.